The van der Waals surface area contributed by atoms with Crippen LogP contribution >= 0.6 is 0 Å². The van der Waals surface area contributed by atoms with Gasteiger partial charge in [-0.2, -0.15) is 0 Å². The van der Waals surface area contributed by atoms with Crippen LogP contribution in [0.25, 0.3) is 0 Å². The minimum absolute atomic E-state index is 0.100. The van der Waals surface area contributed by atoms with Gasteiger partial charge in [0.1, 0.15) is 0 Å². The molecule has 0 spiro atoms. The summed E-state index contributed by atoms with van der Waals surface area (Å²) in [6.45, 7) is 0. The fraction of sp³-hybridized carbons (Fsp3) is 0.308. The second kappa shape index (κ2) is 4.25. The number of hydrogen-bond acceptors (Lipinski definition) is 4. The first-order valence-electron chi connectivity index (χ1n) is 6.02. The zero-order valence-electron chi connectivity index (χ0n) is 9.89. The van der Waals surface area contributed by atoms with Gasteiger partial charge in [-0.15, -0.1) is 0 Å². The maximum Gasteiger partial charge on any atom is 0.255 e. The predicted molar refractivity (Wildman–Crippen MR) is 68.3 cm³/mol. The lowest BCUT2D eigenvalue weighted by Gasteiger charge is -2.22. The normalized spacial score (nSPS) is 18.3. The molecule has 3 rings (SSSR count). The van der Waals surface area contributed by atoms with Gasteiger partial charge >= 0.3 is 0 Å². The van der Waals surface area contributed by atoms with Gasteiger partial charge in [0.2, 0.25) is 5.95 Å². The molecule has 3 N–H and O–H groups in total. The first kappa shape index (κ1) is 11.0. The average molecular weight is 242 g/mol. The Morgan fingerprint density at radius 2 is 2.28 bits per heavy atom. The van der Waals surface area contributed by atoms with E-state index in [1.807, 2.05) is 18.2 Å². The molecule has 92 valence electrons. The Morgan fingerprint density at radius 3 is 3.06 bits per heavy atom. The number of nitrogens with two attached hydrogens (primary N) is 1. The number of aromatic nitrogens is 3. The number of fused-ring (bicyclic) bond motifs is 1. The van der Waals surface area contributed by atoms with Crippen molar-refractivity contribution in [2.45, 2.75) is 25.2 Å². The Bertz CT molecular complexity index is 621. The van der Waals surface area contributed by atoms with Crippen LogP contribution in [-0.2, 0) is 12.8 Å². The number of anilines is 1. The third-order valence-electron chi connectivity index (χ3n) is 3.41. The maximum atomic E-state index is 11.7. The summed E-state index contributed by atoms with van der Waals surface area (Å²) in [7, 11) is 0. The molecule has 5 nitrogen and oxygen atoms in total. The SMILES string of the molecule is Nc1nc2c(c(=O)[nH]1)CCC(c1ccccn1)C2. The van der Waals surface area contributed by atoms with E-state index in [9.17, 15) is 4.79 Å². The summed E-state index contributed by atoms with van der Waals surface area (Å²) in [6, 6.07) is 5.91. The number of rotatable bonds is 1. The number of aromatic amines is 1. The van der Waals surface area contributed by atoms with Gasteiger partial charge in [-0.1, -0.05) is 6.07 Å². The van der Waals surface area contributed by atoms with Crippen LogP contribution in [0.1, 0.15) is 29.3 Å². The van der Waals surface area contributed by atoms with E-state index in [2.05, 4.69) is 15.0 Å². The summed E-state index contributed by atoms with van der Waals surface area (Å²) >= 11 is 0. The van der Waals surface area contributed by atoms with Gasteiger partial charge in [0.05, 0.1) is 5.69 Å². The topological polar surface area (TPSA) is 84.7 Å². The Labute approximate surface area is 104 Å². The third kappa shape index (κ3) is 1.88. The van der Waals surface area contributed by atoms with Gasteiger partial charge in [-0.3, -0.25) is 14.8 Å². The van der Waals surface area contributed by atoms with Gasteiger partial charge in [0.15, 0.2) is 0 Å². The van der Waals surface area contributed by atoms with Crippen LogP contribution in [0.4, 0.5) is 5.95 Å². The minimum Gasteiger partial charge on any atom is -0.369 e. The molecule has 0 amide bonds. The summed E-state index contributed by atoms with van der Waals surface area (Å²) in [5.41, 5.74) is 8.14. The predicted octanol–water partition coefficient (Wildman–Crippen LogP) is 1.02. The van der Waals surface area contributed by atoms with E-state index in [0.29, 0.717) is 5.92 Å². The highest BCUT2D eigenvalue weighted by molar-refractivity contribution is 5.30. The van der Waals surface area contributed by atoms with Crippen molar-refractivity contribution in [3.63, 3.8) is 0 Å². The van der Waals surface area contributed by atoms with Crippen LogP contribution in [-0.4, -0.2) is 15.0 Å². The number of nitrogen functional groups attached to an aromatic ring is 1. The molecule has 1 unspecified atom stereocenters. The number of H-pyrrole nitrogens is 1. The highest BCUT2D eigenvalue weighted by atomic mass is 16.1. The quantitative estimate of drug-likeness (QED) is 0.781. The molecule has 0 saturated carbocycles. The van der Waals surface area contributed by atoms with Crippen molar-refractivity contribution in [2.24, 2.45) is 0 Å². The number of nitrogens with one attached hydrogen (secondary N) is 1. The van der Waals surface area contributed by atoms with Gasteiger partial charge < -0.3 is 5.73 Å². The van der Waals surface area contributed by atoms with Crippen LogP contribution in [0, 0.1) is 0 Å². The lowest BCUT2D eigenvalue weighted by Crippen LogP contribution is -2.25. The fourth-order valence-electron chi connectivity index (χ4n) is 2.51. The number of nitrogens with zero attached hydrogens (tertiary/aromatic N) is 2. The van der Waals surface area contributed by atoms with Crippen molar-refractivity contribution < 1.29 is 0 Å². The van der Waals surface area contributed by atoms with E-state index in [1.165, 1.54) is 0 Å². The van der Waals surface area contributed by atoms with Crippen molar-refractivity contribution in [1.82, 2.24) is 15.0 Å². The molecular weight excluding hydrogens is 228 g/mol. The highest BCUT2D eigenvalue weighted by Gasteiger charge is 2.24. The molecule has 2 aromatic heterocycles. The summed E-state index contributed by atoms with van der Waals surface area (Å²) in [4.78, 5) is 22.9. The Hall–Kier alpha value is -2.17. The molecule has 2 heterocycles. The maximum absolute atomic E-state index is 11.7. The molecule has 0 saturated heterocycles. The smallest absolute Gasteiger partial charge is 0.255 e. The average Bonchev–Trinajstić information content (AvgIpc) is 2.39. The Morgan fingerprint density at radius 1 is 1.39 bits per heavy atom. The molecule has 0 bridgehead atoms. The lowest BCUT2D eigenvalue weighted by molar-refractivity contribution is 0.555. The molecule has 2 aromatic rings. The molecular formula is C13H14N4O. The van der Waals surface area contributed by atoms with Crippen molar-refractivity contribution in [3.05, 3.63) is 51.7 Å². The summed E-state index contributed by atoms with van der Waals surface area (Å²) in [5.74, 6) is 0.521. The summed E-state index contributed by atoms with van der Waals surface area (Å²) in [6.07, 6.45) is 4.20. The van der Waals surface area contributed by atoms with Crippen LogP contribution in [0.3, 0.4) is 0 Å². The van der Waals surface area contributed by atoms with Crippen molar-refractivity contribution >= 4 is 5.95 Å². The monoisotopic (exact) mass is 242 g/mol. The zero-order chi connectivity index (χ0) is 12.5. The molecule has 1 aliphatic carbocycles. The third-order valence-corrected chi connectivity index (χ3v) is 3.41. The molecule has 1 aliphatic rings. The second-order valence-electron chi connectivity index (χ2n) is 4.57. The van der Waals surface area contributed by atoms with E-state index in [1.54, 1.807) is 6.20 Å². The van der Waals surface area contributed by atoms with Crippen LogP contribution in [0.2, 0.25) is 0 Å². The van der Waals surface area contributed by atoms with Crippen molar-refractivity contribution in [2.75, 3.05) is 5.73 Å². The van der Waals surface area contributed by atoms with E-state index in [0.717, 1.165) is 36.2 Å². The lowest BCUT2D eigenvalue weighted by atomic mass is 9.85. The van der Waals surface area contributed by atoms with Gasteiger partial charge in [0, 0.05) is 23.4 Å². The van der Waals surface area contributed by atoms with Crippen LogP contribution < -0.4 is 11.3 Å². The first-order chi connectivity index (χ1) is 8.74. The molecule has 1 atom stereocenters. The molecule has 0 fully saturated rings. The van der Waals surface area contributed by atoms with Gasteiger partial charge in [0.25, 0.3) is 5.56 Å². The molecule has 0 aromatic carbocycles. The number of pyridine rings is 1. The molecule has 0 radical (unpaired) electrons. The highest BCUT2D eigenvalue weighted by Crippen LogP contribution is 2.29. The van der Waals surface area contributed by atoms with Crippen LogP contribution in [0.5, 0.6) is 0 Å². The van der Waals surface area contributed by atoms with Gasteiger partial charge in [-0.05, 0) is 31.4 Å². The minimum atomic E-state index is -0.100. The molecule has 5 heteroatoms. The van der Waals surface area contributed by atoms with E-state index in [-0.39, 0.29) is 11.5 Å². The molecule has 18 heavy (non-hydrogen) atoms. The summed E-state index contributed by atoms with van der Waals surface area (Å²) in [5, 5.41) is 0. The van der Waals surface area contributed by atoms with Crippen molar-refractivity contribution in [3.8, 4) is 0 Å². The zero-order valence-corrected chi connectivity index (χ0v) is 9.89. The fourth-order valence-corrected chi connectivity index (χ4v) is 2.51. The molecule has 0 aliphatic heterocycles. The van der Waals surface area contributed by atoms with E-state index in [4.69, 9.17) is 5.73 Å². The first-order valence-corrected chi connectivity index (χ1v) is 6.02. The Balaban J connectivity index is 1.96. The van der Waals surface area contributed by atoms with E-state index >= 15 is 0 Å². The number of hydrogen-bond donors (Lipinski definition) is 2. The largest absolute Gasteiger partial charge is 0.369 e. The Kier molecular flexibility index (Phi) is 2.59. The van der Waals surface area contributed by atoms with E-state index < -0.39 is 0 Å². The standard InChI is InChI=1S/C13H14N4O/c14-13-16-11-7-8(10-3-1-2-6-15-10)4-5-9(11)12(18)17-13/h1-3,6,8H,4-5,7H2,(H3,14,16,17,18). The van der Waals surface area contributed by atoms with Gasteiger partial charge in [-0.25, -0.2) is 4.98 Å². The second-order valence-corrected chi connectivity index (χ2v) is 4.57. The van der Waals surface area contributed by atoms with Crippen LogP contribution in [0.15, 0.2) is 29.2 Å². The summed E-state index contributed by atoms with van der Waals surface area (Å²) < 4.78 is 0. The van der Waals surface area contributed by atoms with Crippen molar-refractivity contribution in [1.29, 1.82) is 0 Å².